The zero-order valence-corrected chi connectivity index (χ0v) is 22.9. The number of pyridine rings is 1. The molecule has 2 aromatic carbocycles. The van der Waals surface area contributed by atoms with Crippen LogP contribution in [0.25, 0.3) is 11.3 Å². The lowest BCUT2D eigenvalue weighted by molar-refractivity contribution is 0.102. The van der Waals surface area contributed by atoms with Gasteiger partial charge in [0.15, 0.2) is 0 Å². The maximum atomic E-state index is 12.9. The number of anilines is 3. The molecule has 10 heteroatoms. The Balaban J connectivity index is 0.00000353. The minimum atomic E-state index is -0.159. The van der Waals surface area contributed by atoms with Crippen LogP contribution in [-0.2, 0) is 6.54 Å². The number of benzene rings is 2. The van der Waals surface area contributed by atoms with Crippen LogP contribution in [0.3, 0.4) is 0 Å². The highest BCUT2D eigenvalue weighted by Gasteiger charge is 2.13. The van der Waals surface area contributed by atoms with E-state index in [1.54, 1.807) is 18.6 Å². The van der Waals surface area contributed by atoms with Crippen LogP contribution in [0, 0.1) is 6.92 Å². The molecule has 0 unspecified atom stereocenters. The van der Waals surface area contributed by atoms with E-state index in [1.807, 2.05) is 67.6 Å². The van der Waals surface area contributed by atoms with Crippen molar-refractivity contribution in [1.29, 1.82) is 0 Å². The number of aromatic nitrogens is 3. The van der Waals surface area contributed by atoms with Crippen molar-refractivity contribution in [2.45, 2.75) is 13.5 Å². The summed E-state index contributed by atoms with van der Waals surface area (Å²) in [6.45, 7) is 6.87. The van der Waals surface area contributed by atoms with E-state index in [1.165, 1.54) is 0 Å². The highest BCUT2D eigenvalue weighted by atomic mass is 35.5. The monoisotopic (exact) mass is 544 g/mol. The summed E-state index contributed by atoms with van der Waals surface area (Å²) in [5, 5.41) is 8.53. The van der Waals surface area contributed by atoms with Crippen molar-refractivity contribution in [1.82, 2.24) is 30.3 Å². The fraction of sp³-hybridized carbons (Fsp3) is 0.241. The smallest absolute Gasteiger partial charge is 0.255 e. The number of aryl methyl sites for hydroxylation is 1. The molecular weight excluding hydrogens is 512 g/mol. The first kappa shape index (κ1) is 28.1. The molecule has 4 aromatic rings. The summed E-state index contributed by atoms with van der Waals surface area (Å²) in [7, 11) is 2.15. The minimum absolute atomic E-state index is 0. The molecule has 0 spiro atoms. The van der Waals surface area contributed by atoms with Crippen molar-refractivity contribution >= 4 is 35.6 Å². The van der Waals surface area contributed by atoms with E-state index in [0.29, 0.717) is 17.2 Å². The molecule has 1 amide bonds. The van der Waals surface area contributed by atoms with Crippen molar-refractivity contribution in [3.05, 3.63) is 95.9 Å². The van der Waals surface area contributed by atoms with Crippen LogP contribution in [0.5, 0.6) is 0 Å². The Morgan fingerprint density at radius 1 is 0.974 bits per heavy atom. The van der Waals surface area contributed by atoms with Gasteiger partial charge in [-0.25, -0.2) is 15.0 Å². The molecule has 2 aromatic heterocycles. The van der Waals surface area contributed by atoms with Gasteiger partial charge in [0.25, 0.3) is 5.91 Å². The molecule has 3 heterocycles. The second kappa shape index (κ2) is 13.3. The van der Waals surface area contributed by atoms with Gasteiger partial charge in [0.05, 0.1) is 5.69 Å². The Hall–Kier alpha value is -3.89. The minimum Gasteiger partial charge on any atom is -0.324 e. The highest BCUT2D eigenvalue weighted by Crippen LogP contribution is 2.24. The fourth-order valence-corrected chi connectivity index (χ4v) is 4.19. The van der Waals surface area contributed by atoms with Crippen molar-refractivity contribution < 1.29 is 4.79 Å². The molecule has 39 heavy (non-hydrogen) atoms. The van der Waals surface area contributed by atoms with Crippen LogP contribution in [0.2, 0.25) is 0 Å². The summed E-state index contributed by atoms with van der Waals surface area (Å²) in [5.41, 5.74) is 9.42. The lowest BCUT2D eigenvalue weighted by Crippen LogP contribution is -2.50. The van der Waals surface area contributed by atoms with Gasteiger partial charge in [0.2, 0.25) is 5.95 Å². The maximum Gasteiger partial charge on any atom is 0.255 e. The van der Waals surface area contributed by atoms with Crippen LogP contribution in [0.15, 0.2) is 79.3 Å². The molecule has 5 rings (SSSR count). The van der Waals surface area contributed by atoms with Gasteiger partial charge >= 0.3 is 0 Å². The predicted molar refractivity (Wildman–Crippen MR) is 157 cm³/mol. The summed E-state index contributed by atoms with van der Waals surface area (Å²) >= 11 is 0. The van der Waals surface area contributed by atoms with E-state index in [4.69, 9.17) is 0 Å². The fourth-order valence-electron chi connectivity index (χ4n) is 4.19. The SMILES string of the molecule is Cc1ccc(NC(=O)c2ccc(CNN3CCN(C)CC3)cc2)cc1Nc1nccc(-c2cccnc2)n1.Cl. The van der Waals surface area contributed by atoms with Crippen molar-refractivity contribution in [2.75, 3.05) is 43.9 Å². The lowest BCUT2D eigenvalue weighted by Gasteiger charge is -2.32. The molecule has 1 saturated heterocycles. The van der Waals surface area contributed by atoms with Crippen molar-refractivity contribution in [2.24, 2.45) is 0 Å². The molecule has 202 valence electrons. The average molecular weight is 545 g/mol. The maximum absolute atomic E-state index is 12.9. The Labute approximate surface area is 235 Å². The molecule has 0 saturated carbocycles. The quantitative estimate of drug-likeness (QED) is 0.298. The second-order valence-corrected chi connectivity index (χ2v) is 9.44. The van der Waals surface area contributed by atoms with E-state index in [9.17, 15) is 4.79 Å². The lowest BCUT2D eigenvalue weighted by atomic mass is 10.1. The molecule has 1 aliphatic rings. The van der Waals surface area contributed by atoms with Crippen LogP contribution in [0.1, 0.15) is 21.5 Å². The number of nitrogens with zero attached hydrogens (tertiary/aromatic N) is 5. The zero-order chi connectivity index (χ0) is 26.3. The Morgan fingerprint density at radius 3 is 2.51 bits per heavy atom. The van der Waals surface area contributed by atoms with Crippen LogP contribution in [0.4, 0.5) is 17.3 Å². The third kappa shape index (κ3) is 7.58. The van der Waals surface area contributed by atoms with E-state index in [0.717, 1.165) is 60.8 Å². The first-order valence-electron chi connectivity index (χ1n) is 12.7. The molecule has 0 radical (unpaired) electrons. The number of hydrogen-bond donors (Lipinski definition) is 3. The first-order chi connectivity index (χ1) is 18.5. The molecule has 1 aliphatic heterocycles. The molecule has 1 fully saturated rings. The van der Waals surface area contributed by atoms with Gasteiger partial charge in [-0.1, -0.05) is 18.2 Å². The third-order valence-corrected chi connectivity index (χ3v) is 6.58. The summed E-state index contributed by atoms with van der Waals surface area (Å²) in [6.07, 6.45) is 5.21. The second-order valence-electron chi connectivity index (χ2n) is 9.44. The number of piperazine rings is 1. The Morgan fingerprint density at radius 2 is 1.77 bits per heavy atom. The molecule has 0 aliphatic carbocycles. The van der Waals surface area contributed by atoms with E-state index >= 15 is 0 Å². The van der Waals surface area contributed by atoms with Gasteiger partial charge < -0.3 is 15.5 Å². The number of nitrogens with one attached hydrogen (secondary N) is 3. The van der Waals surface area contributed by atoms with E-state index < -0.39 is 0 Å². The molecule has 9 nitrogen and oxygen atoms in total. The highest BCUT2D eigenvalue weighted by molar-refractivity contribution is 6.04. The summed E-state index contributed by atoms with van der Waals surface area (Å²) in [5.74, 6) is 0.312. The number of halogens is 1. The number of carbonyl (C=O) groups excluding carboxylic acids is 1. The predicted octanol–water partition coefficient (Wildman–Crippen LogP) is 4.52. The van der Waals surface area contributed by atoms with E-state index in [-0.39, 0.29) is 18.3 Å². The molecule has 0 atom stereocenters. The van der Waals surface area contributed by atoms with Gasteiger partial charge in [0, 0.05) is 73.8 Å². The van der Waals surface area contributed by atoms with Crippen LogP contribution >= 0.6 is 12.4 Å². The molecule has 3 N–H and O–H groups in total. The van der Waals surface area contributed by atoms with Gasteiger partial charge in [-0.3, -0.25) is 15.2 Å². The Kier molecular flexibility index (Phi) is 9.56. The topological polar surface area (TPSA) is 98.3 Å². The number of hydrogen-bond acceptors (Lipinski definition) is 8. The number of rotatable bonds is 8. The number of carbonyl (C=O) groups is 1. The van der Waals surface area contributed by atoms with Gasteiger partial charge in [-0.05, 0) is 67.6 Å². The first-order valence-corrected chi connectivity index (χ1v) is 12.7. The number of likely N-dealkylation sites (N-methyl/N-ethyl adjacent to an activating group) is 1. The Bertz CT molecular complexity index is 1380. The van der Waals surface area contributed by atoms with E-state index in [2.05, 4.69) is 48.0 Å². The van der Waals surface area contributed by atoms with Gasteiger partial charge in [-0.15, -0.1) is 12.4 Å². The van der Waals surface area contributed by atoms with Crippen LogP contribution < -0.4 is 16.1 Å². The largest absolute Gasteiger partial charge is 0.324 e. The number of amides is 1. The summed E-state index contributed by atoms with van der Waals surface area (Å²) in [4.78, 5) is 28.4. The van der Waals surface area contributed by atoms with Crippen molar-refractivity contribution in [3.63, 3.8) is 0 Å². The normalized spacial score (nSPS) is 13.9. The van der Waals surface area contributed by atoms with Gasteiger partial charge in [-0.2, -0.15) is 0 Å². The van der Waals surface area contributed by atoms with Crippen LogP contribution in [-0.4, -0.2) is 64.0 Å². The molecular formula is C29H33ClN8O. The average Bonchev–Trinajstić information content (AvgIpc) is 2.95. The van der Waals surface area contributed by atoms with Gasteiger partial charge in [0.1, 0.15) is 0 Å². The summed E-state index contributed by atoms with van der Waals surface area (Å²) < 4.78 is 0. The number of hydrazine groups is 1. The van der Waals surface area contributed by atoms with Crippen molar-refractivity contribution in [3.8, 4) is 11.3 Å². The third-order valence-electron chi connectivity index (χ3n) is 6.58. The molecule has 0 bridgehead atoms. The summed E-state index contributed by atoms with van der Waals surface area (Å²) in [6, 6.07) is 19.1. The standard InChI is InChI=1S/C29H32N8O.ClH/c1-21-5-10-25(18-27(21)35-29-31-13-11-26(34-29)24-4-3-12-30-20-24)33-28(38)23-8-6-22(7-9-23)19-32-37-16-14-36(2)15-17-37;/h3-13,18,20,32H,14-17,19H2,1-2H3,(H,33,38)(H,31,34,35);1H. The zero-order valence-electron chi connectivity index (χ0n) is 22.1.